The van der Waals surface area contributed by atoms with E-state index in [1.54, 1.807) is 12.1 Å². The average molecular weight is 348 g/mol. The van der Waals surface area contributed by atoms with Crippen molar-refractivity contribution in [2.75, 3.05) is 0 Å². The highest BCUT2D eigenvalue weighted by Gasteiger charge is 2.21. The van der Waals surface area contributed by atoms with Crippen LogP contribution in [-0.4, -0.2) is 38.2 Å². The lowest BCUT2D eigenvalue weighted by Crippen LogP contribution is -2.41. The Kier molecular flexibility index (Phi) is 6.36. The molecule has 1 atom stereocenters. The molecule has 0 saturated heterocycles. The number of carbonyl (C=O) groups is 2. The third-order valence-corrected chi connectivity index (χ3v) is 4.24. The summed E-state index contributed by atoms with van der Waals surface area (Å²) < 4.78 is 0. The van der Waals surface area contributed by atoms with Crippen LogP contribution in [0.2, 0.25) is 0 Å². The first-order valence-electron chi connectivity index (χ1n) is 7.56. The Bertz CT molecular complexity index is 671. The van der Waals surface area contributed by atoms with Crippen LogP contribution in [0.5, 0.6) is 0 Å². The summed E-state index contributed by atoms with van der Waals surface area (Å²) in [5.41, 5.74) is 1.48. The summed E-state index contributed by atoms with van der Waals surface area (Å²) in [5.74, 6) is -0.515. The molecule has 3 N–H and O–H groups in total. The van der Waals surface area contributed by atoms with Crippen LogP contribution in [0.3, 0.4) is 0 Å². The zero-order valence-electron chi connectivity index (χ0n) is 13.5. The van der Waals surface area contributed by atoms with E-state index in [9.17, 15) is 14.7 Å². The number of amides is 1. The van der Waals surface area contributed by atoms with Gasteiger partial charge in [0.2, 0.25) is 0 Å². The van der Waals surface area contributed by atoms with Crippen molar-refractivity contribution in [2.24, 2.45) is 5.92 Å². The van der Waals surface area contributed by atoms with Crippen molar-refractivity contribution in [1.29, 1.82) is 0 Å². The molecule has 0 radical (unpaired) electrons. The van der Waals surface area contributed by atoms with Crippen molar-refractivity contribution >= 4 is 23.6 Å². The summed E-state index contributed by atoms with van der Waals surface area (Å²) in [6.45, 7) is 3.84. The Morgan fingerprint density at radius 1 is 1.29 bits per heavy atom. The molecular formula is C16H20N4O3S. The maximum atomic E-state index is 12.2. The van der Waals surface area contributed by atoms with Crippen molar-refractivity contribution in [2.45, 2.75) is 37.2 Å². The number of H-pyrrole nitrogens is 1. The van der Waals surface area contributed by atoms with Gasteiger partial charge in [-0.1, -0.05) is 37.7 Å². The first kappa shape index (κ1) is 18.0. The number of carboxylic acids is 1. The van der Waals surface area contributed by atoms with Crippen molar-refractivity contribution in [3.8, 4) is 0 Å². The van der Waals surface area contributed by atoms with E-state index in [2.05, 4.69) is 20.5 Å². The molecule has 0 bridgehead atoms. The number of thioether (sulfide) groups is 1. The summed E-state index contributed by atoms with van der Waals surface area (Å²) in [7, 11) is 0. The third-order valence-electron chi connectivity index (χ3n) is 3.30. The summed E-state index contributed by atoms with van der Waals surface area (Å²) in [6.07, 6.45) is 1.85. The number of aliphatic carboxylic acids is 1. The minimum atomic E-state index is -1.02. The SMILES string of the molecule is CC(C)C[C@@H](NC(=O)c1ccc(CSc2ncn[nH]2)cc1)C(=O)O. The van der Waals surface area contributed by atoms with Gasteiger partial charge in [-0.25, -0.2) is 9.78 Å². The maximum absolute atomic E-state index is 12.2. The zero-order chi connectivity index (χ0) is 17.5. The van der Waals surface area contributed by atoms with Gasteiger partial charge in [0.1, 0.15) is 12.4 Å². The fraction of sp³-hybridized carbons (Fsp3) is 0.375. The average Bonchev–Trinajstić information content (AvgIpc) is 3.05. The molecule has 0 aliphatic heterocycles. The number of benzene rings is 1. The number of nitrogens with one attached hydrogen (secondary N) is 2. The van der Waals surface area contributed by atoms with Gasteiger partial charge in [0.15, 0.2) is 5.16 Å². The lowest BCUT2D eigenvalue weighted by atomic mass is 10.0. The van der Waals surface area contributed by atoms with Crippen LogP contribution < -0.4 is 5.32 Å². The second-order valence-corrected chi connectivity index (χ2v) is 6.73. The van der Waals surface area contributed by atoms with Crippen LogP contribution in [0, 0.1) is 5.92 Å². The first-order valence-corrected chi connectivity index (χ1v) is 8.55. The summed E-state index contributed by atoms with van der Waals surface area (Å²) in [6, 6.07) is 6.20. The molecular weight excluding hydrogens is 328 g/mol. The topological polar surface area (TPSA) is 108 Å². The molecule has 2 rings (SSSR count). The van der Waals surface area contributed by atoms with Gasteiger partial charge in [-0.3, -0.25) is 9.89 Å². The van der Waals surface area contributed by atoms with Crippen LogP contribution in [-0.2, 0) is 10.5 Å². The molecule has 1 aromatic carbocycles. The summed E-state index contributed by atoms with van der Waals surface area (Å²) >= 11 is 1.51. The lowest BCUT2D eigenvalue weighted by Gasteiger charge is -2.16. The highest BCUT2D eigenvalue weighted by Crippen LogP contribution is 2.18. The number of hydrogen-bond donors (Lipinski definition) is 3. The van der Waals surface area contributed by atoms with E-state index >= 15 is 0 Å². The molecule has 0 saturated carbocycles. The Balaban J connectivity index is 1.93. The van der Waals surface area contributed by atoms with Gasteiger partial charge < -0.3 is 10.4 Å². The fourth-order valence-corrected chi connectivity index (χ4v) is 2.84. The largest absolute Gasteiger partial charge is 0.480 e. The highest BCUT2D eigenvalue weighted by atomic mass is 32.2. The fourth-order valence-electron chi connectivity index (χ4n) is 2.10. The van der Waals surface area contributed by atoms with Crippen LogP contribution in [0.15, 0.2) is 35.7 Å². The molecule has 0 unspecified atom stereocenters. The monoisotopic (exact) mass is 348 g/mol. The number of hydrogen-bond acceptors (Lipinski definition) is 5. The second kappa shape index (κ2) is 8.49. The van der Waals surface area contributed by atoms with Crippen molar-refractivity contribution < 1.29 is 14.7 Å². The third kappa shape index (κ3) is 5.38. The summed E-state index contributed by atoms with van der Waals surface area (Å²) in [4.78, 5) is 27.4. The van der Waals surface area contributed by atoms with Crippen molar-refractivity contribution in [1.82, 2.24) is 20.5 Å². The van der Waals surface area contributed by atoms with E-state index in [0.717, 1.165) is 10.7 Å². The minimum Gasteiger partial charge on any atom is -0.480 e. The lowest BCUT2D eigenvalue weighted by molar-refractivity contribution is -0.139. The Morgan fingerprint density at radius 2 is 2.00 bits per heavy atom. The number of nitrogens with zero attached hydrogens (tertiary/aromatic N) is 2. The van der Waals surface area contributed by atoms with Crippen LogP contribution >= 0.6 is 11.8 Å². The number of carboxylic acid groups (broad SMARTS) is 1. The molecule has 128 valence electrons. The normalized spacial score (nSPS) is 12.1. The Morgan fingerprint density at radius 3 is 2.54 bits per heavy atom. The predicted molar refractivity (Wildman–Crippen MR) is 90.7 cm³/mol. The van der Waals surface area contributed by atoms with E-state index in [-0.39, 0.29) is 11.8 Å². The minimum absolute atomic E-state index is 0.182. The standard InChI is InChI=1S/C16H20N4O3S/c1-10(2)7-13(15(22)23)19-14(21)12-5-3-11(4-6-12)8-24-16-17-9-18-20-16/h3-6,9-10,13H,7-8H2,1-2H3,(H,19,21)(H,22,23)(H,17,18,20)/t13-/m1/s1. The first-order chi connectivity index (χ1) is 11.5. The smallest absolute Gasteiger partial charge is 0.326 e. The predicted octanol–water partition coefficient (Wildman–Crippen LogP) is 2.33. The number of aromatic nitrogens is 3. The molecule has 0 fully saturated rings. The van der Waals surface area contributed by atoms with Gasteiger partial charge in [0.25, 0.3) is 5.91 Å². The molecule has 0 spiro atoms. The highest BCUT2D eigenvalue weighted by molar-refractivity contribution is 7.98. The quantitative estimate of drug-likeness (QED) is 0.632. The maximum Gasteiger partial charge on any atom is 0.326 e. The Labute approximate surface area is 144 Å². The number of aromatic amines is 1. The molecule has 1 aromatic heterocycles. The molecule has 1 amide bonds. The second-order valence-electron chi connectivity index (χ2n) is 5.77. The van der Waals surface area contributed by atoms with Crippen molar-refractivity contribution in [3.05, 3.63) is 41.7 Å². The van der Waals surface area contributed by atoms with E-state index in [0.29, 0.717) is 17.7 Å². The van der Waals surface area contributed by atoms with Gasteiger partial charge in [-0.2, -0.15) is 5.10 Å². The van der Waals surface area contributed by atoms with Gasteiger partial charge in [-0.05, 0) is 30.0 Å². The van der Waals surface area contributed by atoms with Crippen LogP contribution in [0.1, 0.15) is 36.2 Å². The summed E-state index contributed by atoms with van der Waals surface area (Å²) in [5, 5.41) is 19.0. The molecule has 1 heterocycles. The van der Waals surface area contributed by atoms with Gasteiger partial charge in [0, 0.05) is 11.3 Å². The molecule has 0 aliphatic carbocycles. The molecule has 24 heavy (non-hydrogen) atoms. The molecule has 0 aliphatic rings. The molecule has 7 nitrogen and oxygen atoms in total. The van der Waals surface area contributed by atoms with Gasteiger partial charge >= 0.3 is 5.97 Å². The van der Waals surface area contributed by atoms with Crippen LogP contribution in [0.4, 0.5) is 0 Å². The van der Waals surface area contributed by atoms with Crippen molar-refractivity contribution in [3.63, 3.8) is 0 Å². The van der Waals surface area contributed by atoms with Gasteiger partial charge in [-0.15, -0.1) is 0 Å². The Hall–Kier alpha value is -2.35. The number of rotatable bonds is 8. The number of carbonyl (C=O) groups excluding carboxylic acids is 1. The van der Waals surface area contributed by atoms with Crippen LogP contribution in [0.25, 0.3) is 0 Å². The van der Waals surface area contributed by atoms with E-state index < -0.39 is 12.0 Å². The van der Waals surface area contributed by atoms with E-state index in [4.69, 9.17) is 0 Å². The zero-order valence-corrected chi connectivity index (χ0v) is 14.3. The molecule has 8 heteroatoms. The van der Waals surface area contributed by atoms with E-state index in [1.165, 1.54) is 18.1 Å². The molecule has 2 aromatic rings. The van der Waals surface area contributed by atoms with E-state index in [1.807, 2.05) is 26.0 Å². The van der Waals surface area contributed by atoms with Gasteiger partial charge in [0.05, 0.1) is 0 Å².